The van der Waals surface area contributed by atoms with E-state index in [1.807, 2.05) is 6.07 Å². The average molecular weight is 333 g/mol. The van der Waals surface area contributed by atoms with E-state index in [0.717, 1.165) is 19.4 Å². The highest BCUT2D eigenvalue weighted by molar-refractivity contribution is 14.1. The predicted octanol–water partition coefficient (Wildman–Crippen LogP) is 3.66. The molecule has 90 valence electrons. The molecule has 0 amide bonds. The SMILES string of the molecule is CCCOCNC(I)(CC)c1ccccc1. The number of nitrogens with one attached hydrogen (secondary N) is 1. The van der Waals surface area contributed by atoms with Crippen molar-refractivity contribution in [2.24, 2.45) is 0 Å². The van der Waals surface area contributed by atoms with Gasteiger partial charge in [0.15, 0.2) is 0 Å². The molecule has 1 aromatic carbocycles. The van der Waals surface area contributed by atoms with Crippen molar-refractivity contribution in [2.75, 3.05) is 13.3 Å². The van der Waals surface area contributed by atoms with Crippen LogP contribution in [0.3, 0.4) is 0 Å². The summed E-state index contributed by atoms with van der Waals surface area (Å²) in [5, 5.41) is 3.46. The van der Waals surface area contributed by atoms with Crippen LogP contribution in [-0.2, 0) is 8.28 Å². The van der Waals surface area contributed by atoms with Crippen LogP contribution in [-0.4, -0.2) is 13.3 Å². The Hall–Kier alpha value is -0.130. The zero-order valence-corrected chi connectivity index (χ0v) is 12.2. The van der Waals surface area contributed by atoms with E-state index in [1.54, 1.807) is 0 Å². The van der Waals surface area contributed by atoms with Crippen molar-refractivity contribution in [3.8, 4) is 0 Å². The summed E-state index contributed by atoms with van der Waals surface area (Å²) in [6, 6.07) is 10.5. The van der Waals surface area contributed by atoms with Crippen LogP contribution in [0.5, 0.6) is 0 Å². The van der Waals surface area contributed by atoms with Crippen LogP contribution in [0, 0.1) is 0 Å². The topological polar surface area (TPSA) is 21.3 Å². The summed E-state index contributed by atoms with van der Waals surface area (Å²) < 4.78 is 5.46. The fourth-order valence-corrected chi connectivity index (χ4v) is 2.03. The molecule has 1 N–H and O–H groups in total. The molecule has 0 aromatic heterocycles. The Balaban J connectivity index is 2.56. The van der Waals surface area contributed by atoms with Gasteiger partial charge in [-0.3, -0.25) is 5.32 Å². The van der Waals surface area contributed by atoms with Crippen molar-refractivity contribution in [3.05, 3.63) is 35.9 Å². The van der Waals surface area contributed by atoms with Crippen LogP contribution in [0.15, 0.2) is 30.3 Å². The molecule has 0 aliphatic rings. The van der Waals surface area contributed by atoms with Gasteiger partial charge < -0.3 is 4.74 Å². The molecule has 0 bridgehead atoms. The van der Waals surface area contributed by atoms with E-state index in [2.05, 4.69) is 66.0 Å². The fraction of sp³-hybridized carbons (Fsp3) is 0.538. The van der Waals surface area contributed by atoms with Gasteiger partial charge in [0.25, 0.3) is 0 Å². The summed E-state index contributed by atoms with van der Waals surface area (Å²) in [5.74, 6) is 0. The molecule has 0 saturated heterocycles. The van der Waals surface area contributed by atoms with Crippen molar-refractivity contribution in [1.29, 1.82) is 0 Å². The predicted molar refractivity (Wildman–Crippen MR) is 76.7 cm³/mol. The Morgan fingerprint density at radius 2 is 1.94 bits per heavy atom. The summed E-state index contributed by atoms with van der Waals surface area (Å²) in [5.41, 5.74) is 1.30. The molecule has 1 rings (SSSR count). The third-order valence-corrected chi connectivity index (χ3v) is 4.29. The van der Waals surface area contributed by atoms with Crippen LogP contribution in [0.4, 0.5) is 0 Å². The molecule has 0 aliphatic carbocycles. The zero-order chi connectivity index (χ0) is 11.9. The first-order valence-corrected chi connectivity index (χ1v) is 6.88. The maximum absolute atomic E-state index is 5.49. The Morgan fingerprint density at radius 3 is 2.50 bits per heavy atom. The number of benzene rings is 1. The molecule has 0 spiro atoms. The normalized spacial score (nSPS) is 14.7. The van der Waals surface area contributed by atoms with Gasteiger partial charge in [0.2, 0.25) is 0 Å². The molecular formula is C13H20INO. The molecule has 1 unspecified atom stereocenters. The first-order chi connectivity index (χ1) is 7.73. The molecule has 3 heteroatoms. The Bertz CT molecular complexity index is 291. The number of alkyl halides is 1. The second-order valence-corrected chi connectivity index (χ2v) is 5.59. The Kier molecular flexibility index (Phi) is 6.31. The maximum Gasteiger partial charge on any atom is 0.0977 e. The van der Waals surface area contributed by atoms with E-state index >= 15 is 0 Å². The smallest absolute Gasteiger partial charge is 0.0977 e. The summed E-state index contributed by atoms with van der Waals surface area (Å²) in [6.07, 6.45) is 2.10. The number of ether oxygens (including phenoxy) is 1. The van der Waals surface area contributed by atoms with Crippen molar-refractivity contribution in [1.82, 2.24) is 5.32 Å². The van der Waals surface area contributed by atoms with Gasteiger partial charge >= 0.3 is 0 Å². The van der Waals surface area contributed by atoms with Gasteiger partial charge in [0.1, 0.15) is 0 Å². The zero-order valence-electron chi connectivity index (χ0n) is 10.0. The molecule has 0 fully saturated rings. The van der Waals surface area contributed by atoms with E-state index < -0.39 is 0 Å². The quantitative estimate of drug-likeness (QED) is 0.270. The van der Waals surface area contributed by atoms with E-state index in [1.165, 1.54) is 5.56 Å². The average Bonchev–Trinajstić information content (AvgIpc) is 2.35. The van der Waals surface area contributed by atoms with Gasteiger partial charge in [0.05, 0.1) is 10.3 Å². The molecule has 0 aliphatic heterocycles. The minimum Gasteiger partial charge on any atom is -0.366 e. The second kappa shape index (κ2) is 7.25. The Morgan fingerprint density at radius 1 is 1.25 bits per heavy atom. The summed E-state index contributed by atoms with van der Waals surface area (Å²) in [4.78, 5) is 0. The fourth-order valence-electron chi connectivity index (χ4n) is 1.52. The first-order valence-electron chi connectivity index (χ1n) is 5.80. The number of hydrogen-bond acceptors (Lipinski definition) is 2. The minimum absolute atomic E-state index is 0.0211. The Labute approximate surface area is 112 Å². The van der Waals surface area contributed by atoms with Crippen LogP contribution >= 0.6 is 22.6 Å². The monoisotopic (exact) mass is 333 g/mol. The standard InChI is InChI=1S/C13H20INO/c1-3-10-16-11-15-13(14,4-2)12-8-6-5-7-9-12/h5-9,15H,3-4,10-11H2,1-2H3. The van der Waals surface area contributed by atoms with Gasteiger partial charge in [-0.05, 0) is 18.4 Å². The third-order valence-electron chi connectivity index (χ3n) is 2.52. The van der Waals surface area contributed by atoms with Crippen molar-refractivity contribution >= 4 is 22.6 Å². The lowest BCUT2D eigenvalue weighted by Crippen LogP contribution is -2.37. The molecule has 16 heavy (non-hydrogen) atoms. The van der Waals surface area contributed by atoms with Gasteiger partial charge in [0, 0.05) is 6.61 Å². The van der Waals surface area contributed by atoms with Crippen LogP contribution < -0.4 is 5.32 Å². The van der Waals surface area contributed by atoms with Crippen molar-refractivity contribution in [2.45, 2.75) is 30.2 Å². The molecule has 1 atom stereocenters. The van der Waals surface area contributed by atoms with Gasteiger partial charge in [-0.2, -0.15) is 0 Å². The number of hydrogen-bond donors (Lipinski definition) is 1. The van der Waals surface area contributed by atoms with Crippen molar-refractivity contribution < 1.29 is 4.74 Å². The second-order valence-electron chi connectivity index (χ2n) is 3.75. The van der Waals surface area contributed by atoms with Gasteiger partial charge in [-0.25, -0.2) is 0 Å². The summed E-state index contributed by atoms with van der Waals surface area (Å²) >= 11 is 2.47. The van der Waals surface area contributed by atoms with Gasteiger partial charge in [-0.1, -0.05) is 66.8 Å². The van der Waals surface area contributed by atoms with Crippen LogP contribution in [0.1, 0.15) is 32.3 Å². The lowest BCUT2D eigenvalue weighted by molar-refractivity contribution is 0.106. The molecule has 0 radical (unpaired) electrons. The van der Waals surface area contributed by atoms with E-state index in [9.17, 15) is 0 Å². The van der Waals surface area contributed by atoms with E-state index in [4.69, 9.17) is 4.74 Å². The van der Waals surface area contributed by atoms with Crippen molar-refractivity contribution in [3.63, 3.8) is 0 Å². The highest BCUT2D eigenvalue weighted by Crippen LogP contribution is 2.31. The van der Waals surface area contributed by atoms with E-state index in [0.29, 0.717) is 6.73 Å². The molecule has 0 saturated carbocycles. The molecule has 2 nitrogen and oxygen atoms in total. The molecular weight excluding hydrogens is 313 g/mol. The third kappa shape index (κ3) is 4.03. The first kappa shape index (κ1) is 13.9. The number of halogens is 1. The summed E-state index contributed by atoms with van der Waals surface area (Å²) in [7, 11) is 0. The largest absolute Gasteiger partial charge is 0.366 e. The van der Waals surface area contributed by atoms with E-state index in [-0.39, 0.29) is 3.55 Å². The molecule has 1 aromatic rings. The van der Waals surface area contributed by atoms with Crippen LogP contribution in [0.2, 0.25) is 0 Å². The number of rotatable bonds is 7. The molecule has 0 heterocycles. The maximum atomic E-state index is 5.49. The lowest BCUT2D eigenvalue weighted by atomic mass is 10.1. The van der Waals surface area contributed by atoms with Gasteiger partial charge in [-0.15, -0.1) is 0 Å². The summed E-state index contributed by atoms with van der Waals surface area (Å²) in [6.45, 7) is 5.73. The highest BCUT2D eigenvalue weighted by atomic mass is 127. The lowest BCUT2D eigenvalue weighted by Gasteiger charge is -2.28. The highest BCUT2D eigenvalue weighted by Gasteiger charge is 2.25. The van der Waals surface area contributed by atoms with Crippen LogP contribution in [0.25, 0.3) is 0 Å². The minimum atomic E-state index is -0.0211.